The molecule has 1 aliphatic carbocycles. The van der Waals surface area contributed by atoms with Gasteiger partial charge in [-0.1, -0.05) is 0 Å². The van der Waals surface area contributed by atoms with E-state index in [2.05, 4.69) is 0 Å². The molecule has 0 aliphatic heterocycles. The van der Waals surface area contributed by atoms with E-state index in [1.54, 1.807) is 0 Å². The third-order valence-electron chi connectivity index (χ3n) is 1.59. The van der Waals surface area contributed by atoms with Crippen LogP contribution in [0.4, 0.5) is 0 Å². The molecule has 10 heavy (non-hydrogen) atoms. The standard InChI is InChI=1S/C6H8O3.Li.H/c7-5-2-1-4(3-5)6(8)9;;/h4H,1-3H2,(H,8,9);;. The van der Waals surface area contributed by atoms with Crippen LogP contribution in [0.2, 0.25) is 0 Å². The second kappa shape index (κ2) is 3.80. The van der Waals surface area contributed by atoms with Gasteiger partial charge < -0.3 is 5.11 Å². The van der Waals surface area contributed by atoms with Crippen molar-refractivity contribution >= 4 is 30.6 Å². The summed E-state index contributed by atoms with van der Waals surface area (Å²) in [6.45, 7) is 0. The molecule has 1 N–H and O–H groups in total. The van der Waals surface area contributed by atoms with E-state index in [0.29, 0.717) is 12.8 Å². The van der Waals surface area contributed by atoms with Crippen LogP contribution in [-0.2, 0) is 9.59 Å². The Hall–Kier alpha value is -0.263. The molecule has 0 heterocycles. The average Bonchev–Trinajstić information content (AvgIpc) is 2.14. The Morgan fingerprint density at radius 3 is 2.40 bits per heavy atom. The summed E-state index contributed by atoms with van der Waals surface area (Å²) in [7, 11) is 0. The van der Waals surface area contributed by atoms with Gasteiger partial charge in [0.1, 0.15) is 5.78 Å². The van der Waals surface area contributed by atoms with Crippen molar-refractivity contribution in [1.82, 2.24) is 0 Å². The van der Waals surface area contributed by atoms with Crippen LogP contribution in [0, 0.1) is 5.92 Å². The molecular weight excluding hydrogens is 127 g/mol. The number of carboxylic acid groups (broad SMARTS) is 1. The van der Waals surface area contributed by atoms with Gasteiger partial charge in [0.15, 0.2) is 0 Å². The zero-order chi connectivity index (χ0) is 6.85. The number of carbonyl (C=O) groups is 2. The van der Waals surface area contributed by atoms with Gasteiger partial charge in [0.25, 0.3) is 0 Å². The van der Waals surface area contributed by atoms with E-state index in [1.165, 1.54) is 0 Å². The fourth-order valence-corrected chi connectivity index (χ4v) is 1.02. The second-order valence-corrected chi connectivity index (χ2v) is 2.32. The minimum atomic E-state index is -0.833. The zero-order valence-electron chi connectivity index (χ0n) is 4.96. The summed E-state index contributed by atoms with van der Waals surface area (Å²) < 4.78 is 0. The third-order valence-corrected chi connectivity index (χ3v) is 1.59. The van der Waals surface area contributed by atoms with E-state index in [4.69, 9.17) is 5.11 Å². The molecule has 0 spiro atoms. The van der Waals surface area contributed by atoms with E-state index in [0.717, 1.165) is 0 Å². The summed E-state index contributed by atoms with van der Waals surface area (Å²) in [6, 6.07) is 0. The van der Waals surface area contributed by atoms with Crippen LogP contribution < -0.4 is 0 Å². The van der Waals surface area contributed by atoms with Gasteiger partial charge >= 0.3 is 24.8 Å². The SMILES string of the molecule is O=C1CCC(C(=O)O)C1.[LiH]. The van der Waals surface area contributed by atoms with E-state index >= 15 is 0 Å². The molecule has 3 nitrogen and oxygen atoms in total. The molecule has 1 rings (SSSR count). The van der Waals surface area contributed by atoms with E-state index in [9.17, 15) is 9.59 Å². The minimum absolute atomic E-state index is 0. The molecule has 1 unspecified atom stereocenters. The van der Waals surface area contributed by atoms with Crippen LogP contribution in [0.15, 0.2) is 0 Å². The fraction of sp³-hybridized carbons (Fsp3) is 0.667. The third kappa shape index (κ3) is 2.16. The molecule has 0 amide bonds. The van der Waals surface area contributed by atoms with E-state index in [-0.39, 0.29) is 31.1 Å². The summed E-state index contributed by atoms with van der Waals surface area (Å²) in [5.74, 6) is -1.14. The van der Waals surface area contributed by atoms with Crippen molar-refractivity contribution in [1.29, 1.82) is 0 Å². The predicted octanol–water partition coefficient (Wildman–Crippen LogP) is -0.208. The number of Topliss-reactive ketones (excluding diaryl/α,β-unsaturated/α-hetero) is 1. The van der Waals surface area contributed by atoms with Crippen molar-refractivity contribution < 1.29 is 14.7 Å². The van der Waals surface area contributed by atoms with Crippen LogP contribution in [0.3, 0.4) is 0 Å². The Kier molecular flexibility index (Phi) is 3.70. The van der Waals surface area contributed by atoms with Crippen molar-refractivity contribution in [3.63, 3.8) is 0 Å². The van der Waals surface area contributed by atoms with Gasteiger partial charge in [0.2, 0.25) is 0 Å². The molecule has 1 fully saturated rings. The zero-order valence-corrected chi connectivity index (χ0v) is 4.96. The average molecular weight is 136 g/mol. The quantitative estimate of drug-likeness (QED) is 0.507. The summed E-state index contributed by atoms with van der Waals surface area (Å²) in [4.78, 5) is 20.7. The van der Waals surface area contributed by atoms with Crippen LogP contribution in [0.25, 0.3) is 0 Å². The first-order chi connectivity index (χ1) is 4.20. The monoisotopic (exact) mass is 136 g/mol. The first-order valence-electron chi connectivity index (χ1n) is 2.94. The summed E-state index contributed by atoms with van der Waals surface area (Å²) >= 11 is 0. The molecule has 0 radical (unpaired) electrons. The van der Waals surface area contributed by atoms with Crippen LogP contribution >= 0.6 is 0 Å². The number of hydrogen-bond donors (Lipinski definition) is 1. The summed E-state index contributed by atoms with van der Waals surface area (Å²) in [5, 5.41) is 8.38. The van der Waals surface area contributed by atoms with Crippen molar-refractivity contribution in [2.75, 3.05) is 0 Å². The van der Waals surface area contributed by atoms with Crippen LogP contribution in [0.1, 0.15) is 19.3 Å². The molecule has 0 bridgehead atoms. The number of carboxylic acids is 1. The van der Waals surface area contributed by atoms with Gasteiger partial charge in [-0.25, -0.2) is 0 Å². The van der Waals surface area contributed by atoms with Crippen molar-refractivity contribution in [3.8, 4) is 0 Å². The van der Waals surface area contributed by atoms with Crippen molar-refractivity contribution in [3.05, 3.63) is 0 Å². The van der Waals surface area contributed by atoms with Gasteiger partial charge in [-0.05, 0) is 6.42 Å². The van der Waals surface area contributed by atoms with Gasteiger partial charge in [-0.3, -0.25) is 9.59 Å². The van der Waals surface area contributed by atoms with E-state index in [1.807, 2.05) is 0 Å². The Morgan fingerprint density at radius 1 is 1.60 bits per heavy atom. The fourth-order valence-electron chi connectivity index (χ4n) is 1.02. The second-order valence-electron chi connectivity index (χ2n) is 2.32. The van der Waals surface area contributed by atoms with Crippen LogP contribution in [-0.4, -0.2) is 35.7 Å². The molecule has 0 aromatic carbocycles. The molecule has 1 aliphatic rings. The Balaban J connectivity index is 0.000000810. The summed E-state index contributed by atoms with van der Waals surface area (Å²) in [6.07, 6.45) is 1.24. The molecule has 1 atom stereocenters. The molecule has 0 saturated heterocycles. The Labute approximate surface area is 71.0 Å². The molecular formula is C6H9LiO3. The predicted molar refractivity (Wildman–Crippen MR) is 37.1 cm³/mol. The number of ketones is 1. The van der Waals surface area contributed by atoms with E-state index < -0.39 is 11.9 Å². The summed E-state index contributed by atoms with van der Waals surface area (Å²) in [5.41, 5.74) is 0. The molecule has 0 aromatic heterocycles. The molecule has 52 valence electrons. The topological polar surface area (TPSA) is 54.4 Å². The maximum atomic E-state index is 10.5. The number of carbonyl (C=O) groups excluding carboxylic acids is 1. The number of rotatable bonds is 1. The number of hydrogen-bond acceptors (Lipinski definition) is 2. The van der Waals surface area contributed by atoms with Gasteiger partial charge in [-0.15, -0.1) is 0 Å². The van der Waals surface area contributed by atoms with Crippen molar-refractivity contribution in [2.45, 2.75) is 19.3 Å². The van der Waals surface area contributed by atoms with Crippen LogP contribution in [0.5, 0.6) is 0 Å². The van der Waals surface area contributed by atoms with Gasteiger partial charge in [0, 0.05) is 12.8 Å². The molecule has 4 heteroatoms. The Bertz CT molecular complexity index is 155. The first kappa shape index (κ1) is 9.74. The molecule has 1 saturated carbocycles. The maximum absolute atomic E-state index is 10.5. The van der Waals surface area contributed by atoms with Gasteiger partial charge in [0.05, 0.1) is 5.92 Å². The van der Waals surface area contributed by atoms with Crippen molar-refractivity contribution in [2.24, 2.45) is 5.92 Å². The Morgan fingerprint density at radius 2 is 2.20 bits per heavy atom. The normalized spacial score (nSPS) is 24.0. The first-order valence-corrected chi connectivity index (χ1v) is 2.94. The van der Waals surface area contributed by atoms with Gasteiger partial charge in [-0.2, -0.15) is 0 Å². The number of aliphatic carboxylic acids is 1. The molecule has 0 aromatic rings.